The summed E-state index contributed by atoms with van der Waals surface area (Å²) >= 11 is 0. The van der Waals surface area contributed by atoms with Gasteiger partial charge in [0.05, 0.1) is 18.9 Å². The average molecular weight is 550 g/mol. The zero-order valence-electron chi connectivity index (χ0n) is 23.4. The summed E-state index contributed by atoms with van der Waals surface area (Å²) in [4.78, 5) is 39.3. The number of nitrogens with one attached hydrogen (secondary N) is 2. The summed E-state index contributed by atoms with van der Waals surface area (Å²) in [6.07, 6.45) is 4.13. The van der Waals surface area contributed by atoms with Crippen molar-refractivity contribution in [2.45, 2.75) is 83.1 Å². The molecule has 4 aliphatic rings. The molecule has 0 unspecified atom stereocenters. The van der Waals surface area contributed by atoms with E-state index in [0.29, 0.717) is 24.9 Å². The predicted octanol–water partition coefficient (Wildman–Crippen LogP) is 3.36. The number of rotatable bonds is 7. The lowest BCUT2D eigenvalue weighted by molar-refractivity contribution is -0.118. The van der Waals surface area contributed by atoms with Gasteiger partial charge in [-0.2, -0.15) is 0 Å². The van der Waals surface area contributed by atoms with Crippen LogP contribution in [0.3, 0.4) is 0 Å². The summed E-state index contributed by atoms with van der Waals surface area (Å²) in [5, 5.41) is 15.7. The van der Waals surface area contributed by atoms with Gasteiger partial charge in [0.2, 0.25) is 11.8 Å². The highest BCUT2D eigenvalue weighted by Gasteiger charge is 2.39. The van der Waals surface area contributed by atoms with E-state index in [1.807, 2.05) is 46.2 Å². The summed E-state index contributed by atoms with van der Waals surface area (Å²) < 4.78 is 5.13. The predicted molar refractivity (Wildman–Crippen MR) is 154 cm³/mol. The monoisotopic (exact) mass is 549 g/mol. The first-order chi connectivity index (χ1) is 19.0. The second-order valence-corrected chi connectivity index (χ2v) is 12.0. The molecule has 0 saturated heterocycles. The molecular formula is C30H39N5O5. The van der Waals surface area contributed by atoms with Crippen LogP contribution in [0.2, 0.25) is 0 Å². The fourth-order valence-electron chi connectivity index (χ4n) is 5.11. The quantitative estimate of drug-likeness (QED) is 0.389. The summed E-state index contributed by atoms with van der Waals surface area (Å²) in [6, 6.07) is 12.4. The lowest BCUT2D eigenvalue weighted by Crippen LogP contribution is -2.39. The van der Waals surface area contributed by atoms with Crippen LogP contribution < -0.4 is 26.2 Å². The van der Waals surface area contributed by atoms with Crippen LogP contribution in [0.4, 0.5) is 27.5 Å². The minimum Gasteiger partial charge on any atom is -0.444 e. The molecule has 2 aromatic carbocycles. The van der Waals surface area contributed by atoms with Gasteiger partial charge in [0.25, 0.3) is 0 Å². The number of nitrogens with zero attached hydrogens (tertiary/aromatic N) is 2. The number of nitrogen functional groups attached to an aromatic ring is 1. The molecule has 3 amide bonds. The molecule has 214 valence electrons. The number of benzene rings is 2. The molecule has 5 N–H and O–H groups in total. The molecule has 0 spiro atoms. The second kappa shape index (κ2) is 11.0. The van der Waals surface area contributed by atoms with Crippen molar-refractivity contribution in [3.05, 3.63) is 47.5 Å². The zero-order chi connectivity index (χ0) is 28.6. The Bertz CT molecular complexity index is 1300. The van der Waals surface area contributed by atoms with Crippen molar-refractivity contribution in [1.29, 1.82) is 0 Å². The first-order valence-electron chi connectivity index (χ1n) is 14.0. The zero-order valence-corrected chi connectivity index (χ0v) is 23.4. The third-order valence-electron chi connectivity index (χ3n) is 7.17. The Labute approximate surface area is 234 Å². The Balaban J connectivity index is 0.000000192. The first-order valence-corrected chi connectivity index (χ1v) is 14.0. The van der Waals surface area contributed by atoms with E-state index in [1.165, 1.54) is 0 Å². The number of alkyl carbamates (subject to hydrolysis) is 1. The Morgan fingerprint density at radius 3 is 2.05 bits per heavy atom. The molecule has 2 fully saturated rings. The minimum absolute atomic E-state index is 0.0980. The number of carbonyl (C=O) groups excluding carboxylic acids is 3. The molecule has 2 heterocycles. The second-order valence-electron chi connectivity index (χ2n) is 12.0. The molecular weight excluding hydrogens is 510 g/mol. The van der Waals surface area contributed by atoms with Gasteiger partial charge < -0.3 is 36.0 Å². The number of ether oxygens (including phenoxy) is 1. The van der Waals surface area contributed by atoms with Crippen molar-refractivity contribution in [3.63, 3.8) is 0 Å². The minimum atomic E-state index is -0.750. The Hall–Kier alpha value is -3.79. The van der Waals surface area contributed by atoms with E-state index >= 15 is 0 Å². The highest BCUT2D eigenvalue weighted by molar-refractivity contribution is 6.03. The number of aliphatic hydroxyl groups excluding tert-OH is 1. The molecule has 10 heteroatoms. The molecule has 10 nitrogen and oxygen atoms in total. The lowest BCUT2D eigenvalue weighted by atomic mass is 10.1. The van der Waals surface area contributed by atoms with Crippen LogP contribution in [0.1, 0.15) is 57.6 Å². The van der Waals surface area contributed by atoms with E-state index in [2.05, 4.69) is 10.6 Å². The van der Waals surface area contributed by atoms with E-state index in [9.17, 15) is 19.5 Å². The van der Waals surface area contributed by atoms with Gasteiger partial charge in [-0.25, -0.2) is 4.79 Å². The summed E-state index contributed by atoms with van der Waals surface area (Å²) in [5.41, 5.74) is 10.9. The smallest absolute Gasteiger partial charge is 0.407 e. The third-order valence-corrected chi connectivity index (χ3v) is 7.17. The van der Waals surface area contributed by atoms with E-state index < -0.39 is 17.8 Å². The van der Waals surface area contributed by atoms with Crippen LogP contribution in [0.25, 0.3) is 0 Å². The van der Waals surface area contributed by atoms with Gasteiger partial charge in [-0.1, -0.05) is 0 Å². The summed E-state index contributed by atoms with van der Waals surface area (Å²) in [6.45, 7) is 5.74. The highest BCUT2D eigenvalue weighted by Crippen LogP contribution is 2.40. The van der Waals surface area contributed by atoms with Gasteiger partial charge in [0.1, 0.15) is 5.60 Å². The normalized spacial score (nSPS) is 18.5. The molecule has 1 atom stereocenters. The number of carbonyl (C=O) groups is 3. The summed E-state index contributed by atoms with van der Waals surface area (Å²) in [5.74, 6) is 0.398. The van der Waals surface area contributed by atoms with Crippen molar-refractivity contribution in [1.82, 2.24) is 5.32 Å². The van der Waals surface area contributed by atoms with Crippen LogP contribution in [0.15, 0.2) is 36.4 Å². The molecule has 2 aromatic rings. The van der Waals surface area contributed by atoms with Gasteiger partial charge >= 0.3 is 6.09 Å². The summed E-state index contributed by atoms with van der Waals surface area (Å²) in [7, 11) is 0. The fraction of sp³-hybridized carbons (Fsp3) is 0.500. The molecule has 2 aliphatic heterocycles. The third kappa shape index (κ3) is 6.67. The Morgan fingerprint density at radius 1 is 0.950 bits per heavy atom. The van der Waals surface area contributed by atoms with E-state index in [1.54, 1.807) is 20.8 Å². The molecule has 40 heavy (non-hydrogen) atoms. The number of hydrogen-bond acceptors (Lipinski definition) is 7. The number of hydrogen-bond donors (Lipinski definition) is 4. The molecule has 0 bridgehead atoms. The van der Waals surface area contributed by atoms with Crippen LogP contribution in [-0.2, 0) is 27.2 Å². The van der Waals surface area contributed by atoms with Gasteiger partial charge in [-0.05, 0) is 94.0 Å². The molecule has 0 radical (unpaired) electrons. The van der Waals surface area contributed by atoms with Crippen molar-refractivity contribution in [3.8, 4) is 0 Å². The first kappa shape index (κ1) is 27.8. The maximum absolute atomic E-state index is 12.2. The molecule has 0 aromatic heterocycles. The van der Waals surface area contributed by atoms with Gasteiger partial charge in [0.15, 0.2) is 0 Å². The number of amides is 3. The number of aliphatic hydroxyl groups is 1. The fourth-order valence-corrected chi connectivity index (χ4v) is 5.11. The Kier molecular flexibility index (Phi) is 7.63. The largest absolute Gasteiger partial charge is 0.444 e. The average Bonchev–Trinajstić information content (AvgIpc) is 3.81. The van der Waals surface area contributed by atoms with Crippen LogP contribution in [0.5, 0.6) is 0 Å². The molecule has 2 saturated carbocycles. The van der Waals surface area contributed by atoms with Crippen LogP contribution in [0, 0.1) is 0 Å². The topological polar surface area (TPSA) is 137 Å². The van der Waals surface area contributed by atoms with Crippen LogP contribution in [-0.4, -0.2) is 59.9 Å². The van der Waals surface area contributed by atoms with E-state index in [0.717, 1.165) is 59.6 Å². The number of nitrogens with two attached hydrogens (primary N) is 1. The highest BCUT2D eigenvalue weighted by atomic mass is 16.6. The maximum atomic E-state index is 12.2. The number of fused-ring (bicyclic) bond motifs is 2. The lowest BCUT2D eigenvalue weighted by Gasteiger charge is -2.21. The van der Waals surface area contributed by atoms with E-state index in [-0.39, 0.29) is 24.9 Å². The standard InChI is InChI=1S/C19H27N3O4.C11H12N2O/c1-19(2,3)26-18(25)21-11-15(23)10-20-13-4-7-16-12(8-13)9-17(24)22(16)14-5-6-14;12-8-1-4-10-7(5-8)6-11(14)13(10)9-2-3-9/h4,7-8,14-15,20,23H,5-6,9-11H2,1-3H3,(H,21,25);1,4-5,9H,2-3,6,12H2/t15-;/m1./s1. The molecule has 2 aliphatic carbocycles. The van der Waals surface area contributed by atoms with Crippen LogP contribution >= 0.6 is 0 Å². The van der Waals surface area contributed by atoms with Crippen molar-refractivity contribution in [2.24, 2.45) is 0 Å². The number of anilines is 4. The van der Waals surface area contributed by atoms with Crippen molar-refractivity contribution < 1.29 is 24.2 Å². The maximum Gasteiger partial charge on any atom is 0.407 e. The van der Waals surface area contributed by atoms with Gasteiger partial charge in [-0.15, -0.1) is 0 Å². The Morgan fingerprint density at radius 2 is 1.50 bits per heavy atom. The van der Waals surface area contributed by atoms with Crippen molar-refractivity contribution in [2.75, 3.05) is 33.9 Å². The van der Waals surface area contributed by atoms with Gasteiger partial charge in [-0.3, -0.25) is 9.59 Å². The molecule has 6 rings (SSSR count). The SMILES string of the molecule is CC(C)(C)OC(=O)NC[C@H](O)CNc1ccc2c(c1)CC(=O)N2C1CC1.Nc1ccc2c(c1)CC(=O)N2C1CC1. The van der Waals surface area contributed by atoms with Crippen molar-refractivity contribution >= 4 is 40.7 Å². The van der Waals surface area contributed by atoms with E-state index in [4.69, 9.17) is 10.5 Å². The van der Waals surface area contributed by atoms with Gasteiger partial charge in [0, 0.05) is 47.9 Å².